The quantitative estimate of drug-likeness (QED) is 0.552. The van der Waals surface area contributed by atoms with Crippen LogP contribution in [-0.4, -0.2) is 87.4 Å². The average molecular weight is 366 g/mol. The number of ether oxygens (including phenoxy) is 1. The molecule has 3 unspecified atom stereocenters. The second-order valence-electron chi connectivity index (χ2n) is 8.43. The molecule has 0 aromatic heterocycles. The first-order valence-corrected chi connectivity index (χ1v) is 10.6. The van der Waals surface area contributed by atoms with Crippen LogP contribution in [0.15, 0.2) is 4.99 Å². The first kappa shape index (κ1) is 19.9. The molecule has 6 nitrogen and oxygen atoms in total. The molecule has 1 spiro atoms. The Morgan fingerprint density at radius 3 is 2.65 bits per heavy atom. The number of piperazine rings is 1. The van der Waals surface area contributed by atoms with Gasteiger partial charge in [0.1, 0.15) is 0 Å². The minimum Gasteiger partial charge on any atom is -0.378 e. The van der Waals surface area contributed by atoms with E-state index in [0.717, 1.165) is 51.7 Å². The van der Waals surface area contributed by atoms with E-state index in [-0.39, 0.29) is 0 Å². The maximum atomic E-state index is 6.06. The van der Waals surface area contributed by atoms with E-state index in [4.69, 9.17) is 9.73 Å². The first-order chi connectivity index (χ1) is 12.6. The fourth-order valence-electron chi connectivity index (χ4n) is 5.07. The highest BCUT2D eigenvalue weighted by atomic mass is 16.5. The summed E-state index contributed by atoms with van der Waals surface area (Å²) in [6, 6.07) is 1.01. The maximum absolute atomic E-state index is 6.06. The van der Waals surface area contributed by atoms with Crippen molar-refractivity contribution in [2.75, 3.05) is 53.4 Å². The number of likely N-dealkylation sites (N-methyl/N-ethyl adjacent to an activating group) is 2. The van der Waals surface area contributed by atoms with Gasteiger partial charge in [-0.15, -0.1) is 0 Å². The van der Waals surface area contributed by atoms with Crippen molar-refractivity contribution in [3.8, 4) is 0 Å². The smallest absolute Gasteiger partial charge is 0.191 e. The largest absolute Gasteiger partial charge is 0.378 e. The van der Waals surface area contributed by atoms with Crippen LogP contribution in [0.4, 0.5) is 0 Å². The number of nitrogens with one attached hydrogen (secondary N) is 2. The van der Waals surface area contributed by atoms with Crippen molar-refractivity contribution in [3.63, 3.8) is 0 Å². The molecule has 150 valence electrons. The summed E-state index contributed by atoms with van der Waals surface area (Å²) in [6.07, 6.45) is 6.83. The maximum Gasteiger partial charge on any atom is 0.191 e. The lowest BCUT2D eigenvalue weighted by atomic mass is 9.60. The Morgan fingerprint density at radius 1 is 1.19 bits per heavy atom. The van der Waals surface area contributed by atoms with Crippen LogP contribution >= 0.6 is 0 Å². The highest BCUT2D eigenvalue weighted by molar-refractivity contribution is 5.80. The summed E-state index contributed by atoms with van der Waals surface area (Å²) in [6.45, 7) is 10.2. The van der Waals surface area contributed by atoms with Crippen molar-refractivity contribution in [2.24, 2.45) is 10.4 Å². The van der Waals surface area contributed by atoms with Gasteiger partial charge in [0, 0.05) is 50.3 Å². The van der Waals surface area contributed by atoms with Gasteiger partial charge in [0.25, 0.3) is 0 Å². The molecule has 0 aromatic rings. The van der Waals surface area contributed by atoms with E-state index in [9.17, 15) is 0 Å². The molecule has 0 radical (unpaired) electrons. The fourth-order valence-corrected chi connectivity index (χ4v) is 5.07. The molecule has 1 heterocycles. The second kappa shape index (κ2) is 8.89. The predicted molar refractivity (Wildman–Crippen MR) is 108 cm³/mol. The molecule has 2 N–H and O–H groups in total. The normalized spacial score (nSPS) is 32.6. The first-order valence-electron chi connectivity index (χ1n) is 10.6. The molecule has 0 amide bonds. The number of hydrogen-bond acceptors (Lipinski definition) is 4. The van der Waals surface area contributed by atoms with Crippen molar-refractivity contribution in [1.82, 2.24) is 20.4 Å². The van der Waals surface area contributed by atoms with Crippen molar-refractivity contribution < 1.29 is 4.74 Å². The highest BCUT2D eigenvalue weighted by Gasteiger charge is 2.56. The molecule has 3 rings (SSSR count). The summed E-state index contributed by atoms with van der Waals surface area (Å²) >= 11 is 0. The monoisotopic (exact) mass is 365 g/mol. The molecule has 3 atom stereocenters. The van der Waals surface area contributed by atoms with Gasteiger partial charge in [-0.25, -0.2) is 0 Å². The van der Waals surface area contributed by atoms with Crippen LogP contribution in [0.2, 0.25) is 0 Å². The summed E-state index contributed by atoms with van der Waals surface area (Å²) in [5.74, 6) is 0.986. The zero-order valence-corrected chi connectivity index (χ0v) is 17.3. The van der Waals surface area contributed by atoms with E-state index in [1.165, 1.54) is 25.7 Å². The second-order valence-corrected chi connectivity index (χ2v) is 8.43. The number of aliphatic imine (C=N–C) groups is 1. The standard InChI is InChI=1S/C20H39N5O/c1-5-21-19(22-14-16-15-24(3)11-12-25(16)4)23-17-13-18(26-6-2)20(17)9-7-8-10-20/h16-18H,5-15H2,1-4H3,(H2,21,22,23). The van der Waals surface area contributed by atoms with Crippen molar-refractivity contribution >= 4 is 5.96 Å². The summed E-state index contributed by atoms with van der Waals surface area (Å²) in [5.41, 5.74) is 0.341. The van der Waals surface area contributed by atoms with Gasteiger partial charge in [0.15, 0.2) is 5.96 Å². The Bertz CT molecular complexity index is 477. The topological polar surface area (TPSA) is 52.1 Å². The Morgan fingerprint density at radius 2 is 1.96 bits per heavy atom. The van der Waals surface area contributed by atoms with Gasteiger partial charge in [-0.05, 0) is 47.2 Å². The molecule has 1 saturated heterocycles. The van der Waals surface area contributed by atoms with Crippen molar-refractivity contribution in [2.45, 2.75) is 64.1 Å². The number of rotatable bonds is 6. The van der Waals surface area contributed by atoms with E-state index in [1.54, 1.807) is 0 Å². The number of guanidine groups is 1. The Kier molecular flexibility index (Phi) is 6.81. The van der Waals surface area contributed by atoms with Crippen molar-refractivity contribution in [1.29, 1.82) is 0 Å². The molecule has 26 heavy (non-hydrogen) atoms. The molecule has 0 aromatic carbocycles. The van der Waals surface area contributed by atoms with Gasteiger partial charge >= 0.3 is 0 Å². The lowest BCUT2D eigenvalue weighted by Gasteiger charge is -2.54. The van der Waals surface area contributed by atoms with Crippen LogP contribution in [0.25, 0.3) is 0 Å². The molecule has 6 heteroatoms. The van der Waals surface area contributed by atoms with Gasteiger partial charge in [0.2, 0.25) is 0 Å². The zero-order valence-electron chi connectivity index (χ0n) is 17.3. The lowest BCUT2D eigenvalue weighted by molar-refractivity contribution is -0.125. The number of hydrogen-bond donors (Lipinski definition) is 2. The van der Waals surface area contributed by atoms with Crippen LogP contribution in [0.5, 0.6) is 0 Å². The third-order valence-corrected chi connectivity index (χ3v) is 6.78. The molecule has 3 fully saturated rings. The van der Waals surface area contributed by atoms with Crippen LogP contribution in [0.3, 0.4) is 0 Å². The van der Waals surface area contributed by atoms with E-state index in [1.807, 2.05) is 0 Å². The molecule has 3 aliphatic rings. The van der Waals surface area contributed by atoms with Gasteiger partial charge in [-0.3, -0.25) is 9.89 Å². The minimum atomic E-state index is 0.341. The third-order valence-electron chi connectivity index (χ3n) is 6.78. The number of nitrogens with zero attached hydrogens (tertiary/aromatic N) is 3. The molecular formula is C20H39N5O. The molecule has 1 aliphatic heterocycles. The molecule has 2 saturated carbocycles. The third kappa shape index (κ3) is 4.18. The predicted octanol–water partition coefficient (Wildman–Crippen LogP) is 1.53. The minimum absolute atomic E-state index is 0.341. The Hall–Kier alpha value is -0.850. The van der Waals surface area contributed by atoms with E-state index in [0.29, 0.717) is 23.6 Å². The van der Waals surface area contributed by atoms with Crippen LogP contribution in [0.1, 0.15) is 46.0 Å². The summed E-state index contributed by atoms with van der Waals surface area (Å²) in [4.78, 5) is 9.81. The van der Waals surface area contributed by atoms with Gasteiger partial charge in [0.05, 0.1) is 12.6 Å². The molecule has 2 aliphatic carbocycles. The van der Waals surface area contributed by atoms with Crippen LogP contribution in [-0.2, 0) is 4.74 Å². The van der Waals surface area contributed by atoms with Crippen LogP contribution in [0, 0.1) is 5.41 Å². The van der Waals surface area contributed by atoms with Gasteiger partial charge in [-0.2, -0.15) is 0 Å². The average Bonchev–Trinajstić information content (AvgIpc) is 3.14. The fraction of sp³-hybridized carbons (Fsp3) is 0.950. The van der Waals surface area contributed by atoms with Crippen molar-refractivity contribution in [3.05, 3.63) is 0 Å². The van der Waals surface area contributed by atoms with Gasteiger partial charge in [-0.1, -0.05) is 12.8 Å². The Labute approximate surface area is 159 Å². The molecular weight excluding hydrogens is 326 g/mol. The summed E-state index contributed by atoms with van der Waals surface area (Å²) in [7, 11) is 4.43. The van der Waals surface area contributed by atoms with Crippen LogP contribution < -0.4 is 10.6 Å². The van der Waals surface area contributed by atoms with E-state index >= 15 is 0 Å². The molecule has 0 bridgehead atoms. The van der Waals surface area contributed by atoms with Gasteiger partial charge < -0.3 is 20.3 Å². The lowest BCUT2D eigenvalue weighted by Crippen LogP contribution is -2.65. The highest BCUT2D eigenvalue weighted by Crippen LogP contribution is 2.54. The van der Waals surface area contributed by atoms with E-state index < -0.39 is 0 Å². The summed E-state index contributed by atoms with van der Waals surface area (Å²) < 4.78 is 6.06. The Balaban J connectivity index is 1.61. The van der Waals surface area contributed by atoms with E-state index in [2.05, 4.69) is 48.4 Å². The SMILES string of the molecule is CCNC(=NCC1CN(C)CCN1C)NC1CC(OCC)C12CCCC2. The zero-order chi connectivity index (χ0) is 18.6. The summed E-state index contributed by atoms with van der Waals surface area (Å²) in [5, 5.41) is 7.23.